The van der Waals surface area contributed by atoms with Crippen molar-refractivity contribution in [3.63, 3.8) is 0 Å². The van der Waals surface area contributed by atoms with Crippen molar-refractivity contribution in [3.8, 4) is 0 Å². The maximum atomic E-state index is 13.1. The Kier molecular flexibility index (Phi) is 7.47. The molecule has 10 heteroatoms. The molecule has 3 aromatic rings. The zero-order valence-corrected chi connectivity index (χ0v) is 21.1. The molecule has 2 aromatic heterocycles. The van der Waals surface area contributed by atoms with E-state index in [1.807, 2.05) is 54.3 Å². The molecule has 34 heavy (non-hydrogen) atoms. The van der Waals surface area contributed by atoms with E-state index in [-0.39, 0.29) is 11.7 Å². The van der Waals surface area contributed by atoms with Gasteiger partial charge in [-0.3, -0.25) is 13.8 Å². The minimum Gasteiger partial charge on any atom is -0.444 e. The van der Waals surface area contributed by atoms with Crippen LogP contribution in [-0.4, -0.2) is 68.3 Å². The van der Waals surface area contributed by atoms with E-state index < -0.39 is 5.60 Å². The molecule has 0 radical (unpaired) electrons. The number of carbonyl (C=O) groups is 1. The molecule has 0 unspecified atom stereocenters. The summed E-state index contributed by atoms with van der Waals surface area (Å²) in [6.45, 7) is 8.13. The van der Waals surface area contributed by atoms with Gasteiger partial charge in [0.05, 0.1) is 10.9 Å². The molecule has 0 spiro atoms. The number of amides is 1. The predicted octanol–water partition coefficient (Wildman–Crippen LogP) is 3.82. The number of piperidine rings is 1. The first kappa shape index (κ1) is 24.5. The first-order valence-corrected chi connectivity index (χ1v) is 12.7. The van der Waals surface area contributed by atoms with Crippen molar-refractivity contribution in [1.82, 2.24) is 24.1 Å². The van der Waals surface area contributed by atoms with Crippen LogP contribution in [0, 0.1) is 5.92 Å². The molecule has 0 saturated carbocycles. The third kappa shape index (κ3) is 5.38. The fourth-order valence-electron chi connectivity index (χ4n) is 4.28. The SMILES string of the molecule is COCCCn1c(=O)c2ccccc2n2c(SC[C@H]3CCCN(C(=O)OC(C)(C)C)C3)nnc12. The largest absolute Gasteiger partial charge is 0.444 e. The molecule has 1 fully saturated rings. The topological polar surface area (TPSA) is 91.0 Å². The summed E-state index contributed by atoms with van der Waals surface area (Å²) < 4.78 is 14.4. The van der Waals surface area contributed by atoms with Crippen LogP contribution in [0.3, 0.4) is 0 Å². The smallest absolute Gasteiger partial charge is 0.410 e. The summed E-state index contributed by atoms with van der Waals surface area (Å²) in [4.78, 5) is 27.5. The number of nitrogens with zero attached hydrogens (tertiary/aromatic N) is 5. The second-order valence-corrected chi connectivity index (χ2v) is 10.7. The lowest BCUT2D eigenvalue weighted by Gasteiger charge is -2.33. The Morgan fingerprint density at radius 3 is 2.79 bits per heavy atom. The van der Waals surface area contributed by atoms with Gasteiger partial charge in [0, 0.05) is 39.1 Å². The van der Waals surface area contributed by atoms with E-state index in [1.165, 1.54) is 0 Å². The Balaban J connectivity index is 1.56. The summed E-state index contributed by atoms with van der Waals surface area (Å²) >= 11 is 1.62. The van der Waals surface area contributed by atoms with Gasteiger partial charge in [-0.15, -0.1) is 10.2 Å². The second kappa shape index (κ2) is 10.4. The number of aryl methyl sites for hydroxylation is 1. The number of aromatic nitrogens is 4. The van der Waals surface area contributed by atoms with Crippen molar-refractivity contribution < 1.29 is 14.3 Å². The summed E-state index contributed by atoms with van der Waals surface area (Å²) in [6, 6.07) is 7.57. The maximum Gasteiger partial charge on any atom is 0.410 e. The molecular weight excluding hydrogens is 454 g/mol. The Morgan fingerprint density at radius 2 is 2.03 bits per heavy atom. The number of fused-ring (bicyclic) bond motifs is 3. The number of hydrogen-bond donors (Lipinski definition) is 0. The molecule has 1 aliphatic heterocycles. The van der Waals surface area contributed by atoms with Gasteiger partial charge in [0.1, 0.15) is 5.60 Å². The minimum absolute atomic E-state index is 0.0663. The van der Waals surface area contributed by atoms with Gasteiger partial charge >= 0.3 is 6.09 Å². The highest BCUT2D eigenvalue weighted by Gasteiger charge is 2.28. The van der Waals surface area contributed by atoms with Crippen LogP contribution in [-0.2, 0) is 16.0 Å². The van der Waals surface area contributed by atoms with Gasteiger partial charge in [-0.05, 0) is 58.1 Å². The summed E-state index contributed by atoms with van der Waals surface area (Å²) in [5, 5.41) is 10.2. The number of thioether (sulfide) groups is 1. The number of rotatable bonds is 7. The minimum atomic E-state index is -0.501. The van der Waals surface area contributed by atoms with Gasteiger partial charge in [-0.1, -0.05) is 23.9 Å². The predicted molar refractivity (Wildman–Crippen MR) is 133 cm³/mol. The van der Waals surface area contributed by atoms with Crippen LogP contribution in [0.25, 0.3) is 16.7 Å². The molecule has 184 valence electrons. The lowest BCUT2D eigenvalue weighted by atomic mass is 10.0. The first-order valence-electron chi connectivity index (χ1n) is 11.7. The molecule has 0 N–H and O–H groups in total. The fraction of sp³-hybridized carbons (Fsp3) is 0.583. The monoisotopic (exact) mass is 487 g/mol. The zero-order chi connectivity index (χ0) is 24.3. The van der Waals surface area contributed by atoms with Crippen molar-refractivity contribution in [2.24, 2.45) is 5.92 Å². The maximum absolute atomic E-state index is 13.1. The van der Waals surface area contributed by atoms with E-state index in [0.717, 1.165) is 35.8 Å². The molecule has 1 atom stereocenters. The van der Waals surface area contributed by atoms with Gasteiger partial charge in [-0.25, -0.2) is 4.79 Å². The summed E-state index contributed by atoms with van der Waals surface area (Å²) in [5.41, 5.74) is 0.236. The van der Waals surface area contributed by atoms with E-state index in [4.69, 9.17) is 9.47 Å². The lowest BCUT2D eigenvalue weighted by Crippen LogP contribution is -2.43. The summed E-state index contributed by atoms with van der Waals surface area (Å²) in [6.07, 6.45) is 2.46. The zero-order valence-electron chi connectivity index (χ0n) is 20.3. The number of hydrogen-bond acceptors (Lipinski definition) is 7. The Hall–Kier alpha value is -2.59. The molecular formula is C24H33N5O4S. The molecule has 3 heterocycles. The van der Waals surface area contributed by atoms with Crippen molar-refractivity contribution >= 4 is 34.5 Å². The Bertz CT molecular complexity index is 1220. The van der Waals surface area contributed by atoms with Gasteiger partial charge in [0.15, 0.2) is 5.16 Å². The highest BCUT2D eigenvalue weighted by atomic mass is 32.2. The van der Waals surface area contributed by atoms with Crippen LogP contribution in [0.4, 0.5) is 4.79 Å². The molecule has 4 rings (SSSR count). The molecule has 1 aromatic carbocycles. The van der Waals surface area contributed by atoms with Crippen LogP contribution in [0.2, 0.25) is 0 Å². The van der Waals surface area contributed by atoms with Gasteiger partial charge < -0.3 is 14.4 Å². The van der Waals surface area contributed by atoms with Crippen LogP contribution in [0.1, 0.15) is 40.0 Å². The van der Waals surface area contributed by atoms with Crippen LogP contribution < -0.4 is 5.56 Å². The second-order valence-electron chi connectivity index (χ2n) is 9.68. The average molecular weight is 488 g/mol. The van der Waals surface area contributed by atoms with Gasteiger partial charge in [-0.2, -0.15) is 0 Å². The van der Waals surface area contributed by atoms with Crippen LogP contribution in [0.5, 0.6) is 0 Å². The fourth-order valence-corrected chi connectivity index (χ4v) is 5.35. The summed E-state index contributed by atoms with van der Waals surface area (Å²) in [5.74, 6) is 1.68. The standard InChI is InChI=1S/C24H33N5O4S/c1-24(2,3)33-23(31)27-12-7-9-17(15-27)16-34-22-26-25-21-28(13-8-14-32-4)20(30)18-10-5-6-11-19(18)29(21)22/h5-6,10-11,17H,7-9,12-16H2,1-4H3/t17-/m0/s1. The highest BCUT2D eigenvalue weighted by molar-refractivity contribution is 7.99. The molecule has 1 aliphatic rings. The van der Waals surface area contributed by atoms with E-state index >= 15 is 0 Å². The van der Waals surface area contributed by atoms with E-state index in [2.05, 4.69) is 10.2 Å². The normalized spacial score (nSPS) is 16.9. The molecule has 0 bridgehead atoms. The average Bonchev–Trinajstić information content (AvgIpc) is 3.23. The number of benzene rings is 1. The van der Waals surface area contributed by atoms with E-state index in [9.17, 15) is 9.59 Å². The van der Waals surface area contributed by atoms with Crippen molar-refractivity contribution in [2.45, 2.75) is 57.3 Å². The third-order valence-corrected chi connectivity index (χ3v) is 6.99. The quantitative estimate of drug-likeness (QED) is 0.370. The van der Waals surface area contributed by atoms with Crippen LogP contribution >= 0.6 is 11.8 Å². The molecule has 0 aliphatic carbocycles. The third-order valence-electron chi connectivity index (χ3n) is 5.83. The van der Waals surface area contributed by atoms with Crippen molar-refractivity contribution in [2.75, 3.05) is 32.6 Å². The van der Waals surface area contributed by atoms with E-state index in [0.29, 0.717) is 43.2 Å². The van der Waals surface area contributed by atoms with Gasteiger partial charge in [0.25, 0.3) is 5.56 Å². The lowest BCUT2D eigenvalue weighted by molar-refractivity contribution is 0.0177. The molecule has 9 nitrogen and oxygen atoms in total. The van der Waals surface area contributed by atoms with Crippen molar-refractivity contribution in [3.05, 3.63) is 34.6 Å². The summed E-state index contributed by atoms with van der Waals surface area (Å²) in [7, 11) is 1.65. The van der Waals surface area contributed by atoms with E-state index in [1.54, 1.807) is 23.4 Å². The van der Waals surface area contributed by atoms with Gasteiger partial charge in [0.2, 0.25) is 5.78 Å². The molecule has 1 saturated heterocycles. The number of ether oxygens (including phenoxy) is 2. The number of likely N-dealkylation sites (tertiary alicyclic amines) is 1. The molecule has 1 amide bonds. The number of carbonyl (C=O) groups excluding carboxylic acids is 1. The van der Waals surface area contributed by atoms with Crippen LogP contribution in [0.15, 0.2) is 34.2 Å². The Labute approximate surface area is 203 Å². The number of methoxy groups -OCH3 is 1. The first-order chi connectivity index (χ1) is 16.3. The highest BCUT2D eigenvalue weighted by Crippen LogP contribution is 2.27. The van der Waals surface area contributed by atoms with Crippen molar-refractivity contribution in [1.29, 1.82) is 0 Å². The Morgan fingerprint density at radius 1 is 1.24 bits per heavy atom. The number of para-hydroxylation sites is 1.